The Morgan fingerprint density at radius 2 is 2.05 bits per heavy atom. The third-order valence-electron chi connectivity index (χ3n) is 3.83. The van der Waals surface area contributed by atoms with E-state index in [2.05, 4.69) is 0 Å². The number of likely N-dealkylation sites (N-methyl/N-ethyl adjacent to an activating group) is 1. The zero-order valence-corrected chi connectivity index (χ0v) is 12.2. The second kappa shape index (κ2) is 6.11. The minimum Gasteiger partial charge on any atom is -0.469 e. The number of piperidine rings is 1. The van der Waals surface area contributed by atoms with Crippen LogP contribution in [0.3, 0.4) is 0 Å². The Kier molecular flexibility index (Phi) is 4.44. The van der Waals surface area contributed by atoms with E-state index >= 15 is 0 Å². The Morgan fingerprint density at radius 3 is 2.62 bits per heavy atom. The quantitative estimate of drug-likeness (QED) is 0.507. The van der Waals surface area contributed by atoms with Crippen LogP contribution in [-0.4, -0.2) is 78.9 Å². The largest absolute Gasteiger partial charge is 0.469 e. The summed E-state index contributed by atoms with van der Waals surface area (Å²) >= 11 is 0. The molecule has 8 nitrogen and oxygen atoms in total. The summed E-state index contributed by atoms with van der Waals surface area (Å²) in [6.45, 7) is 0.531. The number of likely N-dealkylation sites (tertiary alicyclic amines) is 1. The third-order valence-corrected chi connectivity index (χ3v) is 3.83. The highest BCUT2D eigenvalue weighted by atomic mass is 16.5. The predicted molar refractivity (Wildman–Crippen MR) is 71.1 cm³/mol. The van der Waals surface area contributed by atoms with Gasteiger partial charge in [0.05, 0.1) is 13.0 Å². The Hall–Kier alpha value is -2.12. The van der Waals surface area contributed by atoms with Crippen molar-refractivity contribution < 1.29 is 23.9 Å². The van der Waals surface area contributed by atoms with Crippen LogP contribution in [0.5, 0.6) is 0 Å². The number of hydrogen-bond acceptors (Lipinski definition) is 5. The molecule has 2 aliphatic rings. The molecule has 1 unspecified atom stereocenters. The van der Waals surface area contributed by atoms with E-state index in [1.165, 1.54) is 24.0 Å². The topological polar surface area (TPSA) is 87.2 Å². The number of ether oxygens (including phenoxy) is 1. The van der Waals surface area contributed by atoms with Gasteiger partial charge in [0.2, 0.25) is 5.91 Å². The van der Waals surface area contributed by atoms with E-state index in [4.69, 9.17) is 4.74 Å². The van der Waals surface area contributed by atoms with Crippen molar-refractivity contribution >= 4 is 23.8 Å². The summed E-state index contributed by atoms with van der Waals surface area (Å²) in [6.07, 6.45) is 1.38. The van der Waals surface area contributed by atoms with Crippen molar-refractivity contribution in [2.75, 3.05) is 40.3 Å². The van der Waals surface area contributed by atoms with Crippen LogP contribution in [0.1, 0.15) is 12.8 Å². The van der Waals surface area contributed by atoms with E-state index < -0.39 is 6.03 Å². The fraction of sp³-hybridized carbons (Fsp3) is 0.692. The number of rotatable bonds is 3. The van der Waals surface area contributed by atoms with Crippen molar-refractivity contribution in [2.45, 2.75) is 12.8 Å². The van der Waals surface area contributed by atoms with Crippen molar-refractivity contribution in [2.24, 2.45) is 5.92 Å². The van der Waals surface area contributed by atoms with Crippen molar-refractivity contribution in [1.82, 2.24) is 14.7 Å². The first-order valence-corrected chi connectivity index (χ1v) is 6.85. The van der Waals surface area contributed by atoms with Crippen LogP contribution in [-0.2, 0) is 19.1 Å². The smallest absolute Gasteiger partial charge is 0.327 e. The molecule has 0 radical (unpaired) electrons. The third kappa shape index (κ3) is 3.14. The van der Waals surface area contributed by atoms with Crippen molar-refractivity contribution in [3.05, 3.63) is 0 Å². The minimum atomic E-state index is -0.463. The Balaban J connectivity index is 1.95. The van der Waals surface area contributed by atoms with Crippen LogP contribution < -0.4 is 0 Å². The fourth-order valence-corrected chi connectivity index (χ4v) is 2.62. The summed E-state index contributed by atoms with van der Waals surface area (Å²) < 4.78 is 4.70. The summed E-state index contributed by atoms with van der Waals surface area (Å²) in [6, 6.07) is -0.463. The molecule has 2 heterocycles. The van der Waals surface area contributed by atoms with E-state index in [9.17, 15) is 19.2 Å². The molecule has 0 aromatic carbocycles. The van der Waals surface area contributed by atoms with Crippen LogP contribution >= 0.6 is 0 Å². The lowest BCUT2D eigenvalue weighted by Gasteiger charge is -2.32. The number of amides is 4. The Labute approximate surface area is 122 Å². The van der Waals surface area contributed by atoms with E-state index in [1.807, 2.05) is 0 Å². The zero-order valence-electron chi connectivity index (χ0n) is 12.2. The maximum Gasteiger partial charge on any atom is 0.327 e. The van der Waals surface area contributed by atoms with Crippen molar-refractivity contribution in [1.29, 1.82) is 0 Å². The molecule has 0 aliphatic carbocycles. The molecule has 4 amide bonds. The monoisotopic (exact) mass is 297 g/mol. The second-order valence-corrected chi connectivity index (χ2v) is 5.32. The lowest BCUT2D eigenvalue weighted by molar-refractivity contribution is -0.149. The number of methoxy groups -OCH3 is 1. The van der Waals surface area contributed by atoms with Crippen molar-refractivity contribution in [3.8, 4) is 0 Å². The summed E-state index contributed by atoms with van der Waals surface area (Å²) in [5.41, 5.74) is 0. The van der Waals surface area contributed by atoms with Gasteiger partial charge in [0.25, 0.3) is 5.91 Å². The first kappa shape index (κ1) is 15.3. The Bertz CT molecular complexity index is 478. The van der Waals surface area contributed by atoms with Crippen LogP contribution in [0.25, 0.3) is 0 Å². The number of imide groups is 1. The molecule has 0 bridgehead atoms. The number of hydrogen-bond donors (Lipinski definition) is 0. The van der Waals surface area contributed by atoms with E-state index in [0.29, 0.717) is 19.4 Å². The molecule has 0 spiro atoms. The van der Waals surface area contributed by atoms with Crippen LogP contribution in [0, 0.1) is 5.92 Å². The van der Waals surface area contributed by atoms with Gasteiger partial charge in [-0.2, -0.15) is 0 Å². The molecule has 0 saturated carbocycles. The molecule has 0 aromatic heterocycles. The highest BCUT2D eigenvalue weighted by Crippen LogP contribution is 2.18. The van der Waals surface area contributed by atoms with E-state index in [-0.39, 0.29) is 43.3 Å². The molecule has 21 heavy (non-hydrogen) atoms. The average Bonchev–Trinajstić information content (AvgIpc) is 2.73. The van der Waals surface area contributed by atoms with Crippen LogP contribution in [0.4, 0.5) is 4.79 Å². The molecule has 8 heteroatoms. The normalized spacial score (nSPS) is 22.8. The first-order chi connectivity index (χ1) is 9.93. The lowest BCUT2D eigenvalue weighted by Crippen LogP contribution is -2.48. The molecule has 0 aromatic rings. The number of nitrogens with zero attached hydrogens (tertiary/aromatic N) is 3. The standard InChI is InChI=1S/C13H19N3O5/c1-14-7-11(18)16(13(14)20)8-10(17)15-5-3-4-9(6-15)12(19)21-2/h9H,3-8H2,1-2H3. The molecule has 2 saturated heterocycles. The fourth-order valence-electron chi connectivity index (χ4n) is 2.62. The van der Waals surface area contributed by atoms with Crippen LogP contribution in [0.15, 0.2) is 0 Å². The van der Waals surface area contributed by atoms with Gasteiger partial charge < -0.3 is 14.5 Å². The van der Waals surface area contributed by atoms with E-state index in [0.717, 1.165) is 4.90 Å². The Morgan fingerprint density at radius 1 is 1.33 bits per heavy atom. The minimum absolute atomic E-state index is 0.00308. The molecule has 2 aliphatic heterocycles. The molecular weight excluding hydrogens is 278 g/mol. The molecule has 0 N–H and O–H groups in total. The number of esters is 1. The highest BCUT2D eigenvalue weighted by molar-refractivity contribution is 6.04. The van der Waals surface area contributed by atoms with Gasteiger partial charge in [0.1, 0.15) is 13.1 Å². The summed E-state index contributed by atoms with van der Waals surface area (Å²) in [5, 5.41) is 0. The van der Waals surface area contributed by atoms with Gasteiger partial charge in [-0.05, 0) is 12.8 Å². The van der Waals surface area contributed by atoms with Crippen LogP contribution in [0.2, 0.25) is 0 Å². The van der Waals surface area contributed by atoms with Gasteiger partial charge in [0, 0.05) is 20.1 Å². The SMILES string of the molecule is COC(=O)C1CCCN(C(=O)CN2C(=O)CN(C)C2=O)C1. The molecular formula is C13H19N3O5. The number of carbonyl (C=O) groups is 4. The lowest BCUT2D eigenvalue weighted by atomic mass is 9.98. The van der Waals surface area contributed by atoms with Gasteiger partial charge in [0.15, 0.2) is 0 Å². The first-order valence-electron chi connectivity index (χ1n) is 6.85. The second-order valence-electron chi connectivity index (χ2n) is 5.32. The van der Waals surface area contributed by atoms with Crippen molar-refractivity contribution in [3.63, 3.8) is 0 Å². The summed E-state index contributed by atoms with van der Waals surface area (Å²) in [5.74, 6) is -1.36. The van der Waals surface area contributed by atoms with Gasteiger partial charge >= 0.3 is 12.0 Å². The van der Waals surface area contributed by atoms with Gasteiger partial charge in [-0.1, -0.05) is 0 Å². The number of carbonyl (C=O) groups excluding carboxylic acids is 4. The van der Waals surface area contributed by atoms with Gasteiger partial charge in [-0.25, -0.2) is 4.79 Å². The summed E-state index contributed by atoms with van der Waals surface area (Å²) in [7, 11) is 2.83. The molecule has 2 rings (SSSR count). The molecule has 2 fully saturated rings. The average molecular weight is 297 g/mol. The molecule has 1 atom stereocenters. The zero-order chi connectivity index (χ0) is 15.6. The highest BCUT2D eigenvalue weighted by Gasteiger charge is 2.37. The summed E-state index contributed by atoms with van der Waals surface area (Å²) in [4.78, 5) is 50.9. The van der Waals surface area contributed by atoms with E-state index in [1.54, 1.807) is 0 Å². The van der Waals surface area contributed by atoms with Gasteiger partial charge in [-0.15, -0.1) is 0 Å². The van der Waals surface area contributed by atoms with Gasteiger partial charge in [-0.3, -0.25) is 19.3 Å². The predicted octanol–water partition coefficient (Wildman–Crippen LogP) is -0.708. The maximum absolute atomic E-state index is 12.2. The maximum atomic E-state index is 12.2. The number of urea groups is 1. The molecule has 116 valence electrons.